The van der Waals surface area contributed by atoms with Crippen LogP contribution in [0.1, 0.15) is 19.4 Å². The molecule has 0 atom stereocenters. The van der Waals surface area contributed by atoms with E-state index < -0.39 is 0 Å². The van der Waals surface area contributed by atoms with E-state index in [-0.39, 0.29) is 0 Å². The van der Waals surface area contributed by atoms with Crippen molar-refractivity contribution < 1.29 is 0 Å². The summed E-state index contributed by atoms with van der Waals surface area (Å²) in [6.45, 7) is 9.91. The summed E-state index contributed by atoms with van der Waals surface area (Å²) in [7, 11) is 0. The first kappa shape index (κ1) is 13.4. The molecule has 16 heavy (non-hydrogen) atoms. The summed E-state index contributed by atoms with van der Waals surface area (Å²) in [5.41, 5.74) is 7.85. The van der Waals surface area contributed by atoms with Crippen molar-refractivity contribution >= 4 is 17.4 Å². The zero-order chi connectivity index (χ0) is 12.0. The van der Waals surface area contributed by atoms with Gasteiger partial charge in [-0.25, -0.2) is 0 Å². The summed E-state index contributed by atoms with van der Waals surface area (Å²) in [5, 5.41) is 0. The first-order valence-corrected chi connectivity index (χ1v) is 6.87. The van der Waals surface area contributed by atoms with Gasteiger partial charge in [-0.3, -0.25) is 0 Å². The molecule has 0 unspecified atom stereocenters. The second-order valence-electron chi connectivity index (χ2n) is 3.89. The Kier molecular flexibility index (Phi) is 5.71. The van der Waals surface area contributed by atoms with Gasteiger partial charge in [0.05, 0.1) is 0 Å². The van der Waals surface area contributed by atoms with Crippen molar-refractivity contribution in [1.29, 1.82) is 0 Å². The fourth-order valence-corrected chi connectivity index (χ4v) is 2.58. The van der Waals surface area contributed by atoms with Gasteiger partial charge in [-0.15, -0.1) is 11.8 Å². The van der Waals surface area contributed by atoms with Gasteiger partial charge in [0, 0.05) is 22.9 Å². The Hall–Kier alpha value is -0.670. The van der Waals surface area contributed by atoms with Crippen LogP contribution in [0.4, 0.5) is 5.69 Å². The molecule has 0 spiro atoms. The second kappa shape index (κ2) is 6.81. The lowest BCUT2D eigenvalue weighted by Gasteiger charge is -2.17. The molecule has 3 heteroatoms. The van der Waals surface area contributed by atoms with E-state index in [0.717, 1.165) is 31.1 Å². The number of nitrogen functional groups attached to an aromatic ring is 1. The van der Waals surface area contributed by atoms with Crippen molar-refractivity contribution in [2.45, 2.75) is 25.7 Å². The van der Waals surface area contributed by atoms with Gasteiger partial charge in [-0.05, 0) is 43.8 Å². The number of hydrogen-bond donors (Lipinski definition) is 1. The van der Waals surface area contributed by atoms with Crippen LogP contribution in [0.2, 0.25) is 0 Å². The van der Waals surface area contributed by atoms with E-state index in [1.807, 2.05) is 17.8 Å². The maximum atomic E-state index is 5.79. The molecule has 1 aromatic carbocycles. The van der Waals surface area contributed by atoms with Crippen molar-refractivity contribution in [3.8, 4) is 0 Å². The molecule has 1 aromatic rings. The highest BCUT2D eigenvalue weighted by Crippen LogP contribution is 2.22. The van der Waals surface area contributed by atoms with E-state index in [1.165, 1.54) is 10.5 Å². The Morgan fingerprint density at radius 3 is 2.50 bits per heavy atom. The Bertz CT molecular complexity index is 322. The minimum Gasteiger partial charge on any atom is -0.399 e. The SMILES string of the molecule is CCN(CC)CCSc1ccc(N)c(C)c1. The van der Waals surface area contributed by atoms with Crippen LogP contribution in [0.15, 0.2) is 23.1 Å². The van der Waals surface area contributed by atoms with Gasteiger partial charge in [-0.2, -0.15) is 0 Å². The van der Waals surface area contributed by atoms with Gasteiger partial charge in [0.15, 0.2) is 0 Å². The summed E-state index contributed by atoms with van der Waals surface area (Å²) < 4.78 is 0. The average molecular weight is 238 g/mol. The lowest BCUT2D eigenvalue weighted by atomic mass is 10.2. The molecule has 0 saturated heterocycles. The van der Waals surface area contributed by atoms with Crippen molar-refractivity contribution in [2.75, 3.05) is 31.1 Å². The lowest BCUT2D eigenvalue weighted by molar-refractivity contribution is 0.324. The van der Waals surface area contributed by atoms with E-state index in [0.29, 0.717) is 0 Å². The van der Waals surface area contributed by atoms with Crippen LogP contribution in [0, 0.1) is 6.92 Å². The molecule has 0 radical (unpaired) electrons. The molecule has 0 fully saturated rings. The van der Waals surface area contributed by atoms with E-state index in [9.17, 15) is 0 Å². The Labute approximate surface area is 103 Å². The van der Waals surface area contributed by atoms with Crippen LogP contribution in [0.5, 0.6) is 0 Å². The number of nitrogens with two attached hydrogens (primary N) is 1. The number of benzene rings is 1. The monoisotopic (exact) mass is 238 g/mol. The van der Waals surface area contributed by atoms with Crippen molar-refractivity contribution in [3.63, 3.8) is 0 Å². The Morgan fingerprint density at radius 2 is 1.94 bits per heavy atom. The number of aryl methyl sites for hydroxylation is 1. The zero-order valence-corrected chi connectivity index (χ0v) is 11.3. The molecule has 0 aromatic heterocycles. The molecule has 0 aliphatic heterocycles. The molecule has 0 heterocycles. The third kappa shape index (κ3) is 4.06. The van der Waals surface area contributed by atoms with Gasteiger partial charge >= 0.3 is 0 Å². The average Bonchev–Trinajstić information content (AvgIpc) is 2.29. The third-order valence-electron chi connectivity index (χ3n) is 2.81. The van der Waals surface area contributed by atoms with E-state index in [1.54, 1.807) is 0 Å². The summed E-state index contributed by atoms with van der Waals surface area (Å²) in [5.74, 6) is 1.14. The van der Waals surface area contributed by atoms with E-state index >= 15 is 0 Å². The molecule has 2 N–H and O–H groups in total. The van der Waals surface area contributed by atoms with Crippen LogP contribution >= 0.6 is 11.8 Å². The number of nitrogens with zero attached hydrogens (tertiary/aromatic N) is 1. The first-order chi connectivity index (χ1) is 7.67. The fraction of sp³-hybridized carbons (Fsp3) is 0.538. The molecular formula is C13H22N2S. The van der Waals surface area contributed by atoms with Gasteiger partial charge in [0.25, 0.3) is 0 Å². The summed E-state index contributed by atoms with van der Waals surface area (Å²) >= 11 is 1.91. The smallest absolute Gasteiger partial charge is 0.0344 e. The van der Waals surface area contributed by atoms with Crippen LogP contribution < -0.4 is 5.73 Å². The summed E-state index contributed by atoms with van der Waals surface area (Å²) in [4.78, 5) is 3.76. The maximum Gasteiger partial charge on any atom is 0.0344 e. The second-order valence-corrected chi connectivity index (χ2v) is 5.06. The van der Waals surface area contributed by atoms with E-state index in [2.05, 4.69) is 37.8 Å². The molecule has 0 bridgehead atoms. The highest BCUT2D eigenvalue weighted by molar-refractivity contribution is 7.99. The minimum absolute atomic E-state index is 0.882. The summed E-state index contributed by atoms with van der Waals surface area (Å²) in [6.07, 6.45) is 0. The van der Waals surface area contributed by atoms with Crippen LogP contribution in [0.3, 0.4) is 0 Å². The van der Waals surface area contributed by atoms with Crippen molar-refractivity contribution in [3.05, 3.63) is 23.8 Å². The quantitative estimate of drug-likeness (QED) is 0.610. The van der Waals surface area contributed by atoms with Crippen LogP contribution in [0.25, 0.3) is 0 Å². The number of anilines is 1. The molecule has 0 aliphatic rings. The highest BCUT2D eigenvalue weighted by atomic mass is 32.2. The fourth-order valence-electron chi connectivity index (χ4n) is 1.57. The molecular weight excluding hydrogens is 216 g/mol. The largest absolute Gasteiger partial charge is 0.399 e. The predicted molar refractivity (Wildman–Crippen MR) is 74.1 cm³/mol. The molecule has 90 valence electrons. The summed E-state index contributed by atoms with van der Waals surface area (Å²) in [6, 6.07) is 6.27. The van der Waals surface area contributed by atoms with Gasteiger partial charge in [-0.1, -0.05) is 13.8 Å². The lowest BCUT2D eigenvalue weighted by Crippen LogP contribution is -2.25. The number of hydrogen-bond acceptors (Lipinski definition) is 3. The standard InChI is InChI=1S/C13H22N2S/c1-4-15(5-2)8-9-16-12-6-7-13(14)11(3)10-12/h6-7,10H,4-5,8-9,14H2,1-3H3. The van der Waals surface area contributed by atoms with Crippen LogP contribution in [-0.4, -0.2) is 30.3 Å². The Balaban J connectivity index is 2.40. The van der Waals surface area contributed by atoms with Gasteiger partial charge < -0.3 is 10.6 Å². The Morgan fingerprint density at radius 1 is 1.25 bits per heavy atom. The highest BCUT2D eigenvalue weighted by Gasteiger charge is 2.01. The maximum absolute atomic E-state index is 5.79. The third-order valence-corrected chi connectivity index (χ3v) is 3.79. The number of thioether (sulfide) groups is 1. The molecule has 1 rings (SSSR count). The van der Waals surface area contributed by atoms with Gasteiger partial charge in [0.2, 0.25) is 0 Å². The molecule has 0 amide bonds. The first-order valence-electron chi connectivity index (χ1n) is 5.88. The van der Waals surface area contributed by atoms with Crippen molar-refractivity contribution in [2.24, 2.45) is 0 Å². The minimum atomic E-state index is 0.882. The molecule has 2 nitrogen and oxygen atoms in total. The van der Waals surface area contributed by atoms with Crippen LogP contribution in [-0.2, 0) is 0 Å². The normalized spacial score (nSPS) is 11.0. The molecule has 0 saturated carbocycles. The van der Waals surface area contributed by atoms with Crippen molar-refractivity contribution in [1.82, 2.24) is 4.90 Å². The van der Waals surface area contributed by atoms with Gasteiger partial charge in [0.1, 0.15) is 0 Å². The topological polar surface area (TPSA) is 29.3 Å². The predicted octanol–water partition coefficient (Wildman–Crippen LogP) is 3.01. The molecule has 0 aliphatic carbocycles. The zero-order valence-electron chi connectivity index (χ0n) is 10.5. The van der Waals surface area contributed by atoms with E-state index in [4.69, 9.17) is 5.73 Å². The number of rotatable bonds is 6.